The van der Waals surface area contributed by atoms with Gasteiger partial charge in [-0.15, -0.1) is 11.3 Å². The number of carboxylic acid groups (broad SMARTS) is 1. The van der Waals surface area contributed by atoms with Gasteiger partial charge in [0.05, 0.1) is 10.9 Å². The Morgan fingerprint density at radius 1 is 1.28 bits per heavy atom. The molecule has 1 aromatic carbocycles. The number of aryl methyl sites for hydroxylation is 1. The molecule has 1 saturated carbocycles. The van der Waals surface area contributed by atoms with Crippen molar-refractivity contribution in [3.05, 3.63) is 67.2 Å². The van der Waals surface area contributed by atoms with E-state index in [2.05, 4.69) is 19.1 Å². The van der Waals surface area contributed by atoms with E-state index in [9.17, 15) is 9.59 Å². The van der Waals surface area contributed by atoms with Crippen LogP contribution in [0, 0.1) is 6.92 Å². The van der Waals surface area contributed by atoms with Crippen LogP contribution in [0.2, 0.25) is 0 Å². The molecule has 2 unspecified atom stereocenters. The molecule has 2 aromatic heterocycles. The van der Waals surface area contributed by atoms with Crippen molar-refractivity contribution in [1.29, 1.82) is 0 Å². The zero-order valence-corrected chi connectivity index (χ0v) is 14.9. The van der Waals surface area contributed by atoms with Crippen LogP contribution >= 0.6 is 11.3 Å². The molecule has 3 aromatic rings. The van der Waals surface area contributed by atoms with Crippen LogP contribution in [0.5, 0.6) is 0 Å². The van der Waals surface area contributed by atoms with E-state index in [-0.39, 0.29) is 16.9 Å². The fourth-order valence-electron chi connectivity index (χ4n) is 3.47. The molecule has 5 heteroatoms. The smallest absolute Gasteiger partial charge is 0.335 e. The van der Waals surface area contributed by atoms with E-state index in [4.69, 9.17) is 9.52 Å². The molecule has 1 fully saturated rings. The minimum Gasteiger partial charge on any atom is -0.478 e. The summed E-state index contributed by atoms with van der Waals surface area (Å²) in [7, 11) is 0. The summed E-state index contributed by atoms with van der Waals surface area (Å²) < 4.78 is 6.09. The second kappa shape index (κ2) is 5.85. The molecule has 1 aliphatic carbocycles. The number of aromatic carboxylic acids is 1. The molecular formula is C20H18O4S. The molecular weight excluding hydrogens is 336 g/mol. The average molecular weight is 354 g/mol. The Bertz CT molecular complexity index is 1040. The maximum atomic E-state index is 12.9. The monoisotopic (exact) mass is 354 g/mol. The Labute approximate surface area is 148 Å². The lowest BCUT2D eigenvalue weighted by atomic mass is 10.0. The highest BCUT2D eigenvalue weighted by Gasteiger charge is 2.44. The zero-order chi connectivity index (χ0) is 17.7. The number of rotatable bonds is 4. The SMILES string of the molecule is CCc1c(C2CC2c2ccc(C)s2)oc2ccc(C(=O)O)cc2c1=O. The Balaban J connectivity index is 1.81. The van der Waals surface area contributed by atoms with Gasteiger partial charge in [-0.2, -0.15) is 0 Å². The van der Waals surface area contributed by atoms with Gasteiger partial charge < -0.3 is 9.52 Å². The Morgan fingerprint density at radius 2 is 2.08 bits per heavy atom. The molecule has 25 heavy (non-hydrogen) atoms. The Morgan fingerprint density at radius 3 is 2.72 bits per heavy atom. The van der Waals surface area contributed by atoms with E-state index in [1.807, 2.05) is 6.92 Å². The highest BCUT2D eigenvalue weighted by atomic mass is 32.1. The summed E-state index contributed by atoms with van der Waals surface area (Å²) in [5.74, 6) is 0.394. The zero-order valence-electron chi connectivity index (χ0n) is 14.0. The standard InChI is InChI=1S/C20H18O4S/c1-3-12-18(21)15-8-11(20(22)23)5-6-16(15)24-19(12)14-9-13(14)17-7-4-10(2)25-17/h4-8,13-14H,3,9H2,1-2H3,(H,22,23). The van der Waals surface area contributed by atoms with Gasteiger partial charge in [0.2, 0.25) is 0 Å². The molecule has 1 aliphatic rings. The molecule has 0 radical (unpaired) electrons. The molecule has 4 rings (SSSR count). The average Bonchev–Trinajstić information content (AvgIpc) is 3.28. The highest BCUT2D eigenvalue weighted by Crippen LogP contribution is 2.56. The minimum absolute atomic E-state index is 0.102. The van der Waals surface area contributed by atoms with Crippen LogP contribution in [0.15, 0.2) is 39.5 Å². The van der Waals surface area contributed by atoms with Crippen LogP contribution in [-0.4, -0.2) is 11.1 Å². The molecule has 0 spiro atoms. The van der Waals surface area contributed by atoms with E-state index < -0.39 is 5.97 Å². The van der Waals surface area contributed by atoms with Crippen molar-refractivity contribution in [3.8, 4) is 0 Å². The fraction of sp³-hybridized carbons (Fsp3) is 0.300. The van der Waals surface area contributed by atoms with Gasteiger partial charge in [0.15, 0.2) is 5.43 Å². The van der Waals surface area contributed by atoms with Crippen molar-refractivity contribution in [2.75, 3.05) is 0 Å². The van der Waals surface area contributed by atoms with Crippen LogP contribution in [0.4, 0.5) is 0 Å². The number of thiophene rings is 1. The lowest BCUT2D eigenvalue weighted by molar-refractivity contribution is 0.0697. The van der Waals surface area contributed by atoms with Crippen molar-refractivity contribution in [2.45, 2.75) is 38.5 Å². The van der Waals surface area contributed by atoms with Crippen molar-refractivity contribution < 1.29 is 14.3 Å². The van der Waals surface area contributed by atoms with Crippen molar-refractivity contribution in [2.24, 2.45) is 0 Å². The van der Waals surface area contributed by atoms with Crippen LogP contribution in [0.1, 0.15) is 56.6 Å². The summed E-state index contributed by atoms with van der Waals surface area (Å²) in [6, 6.07) is 8.78. The van der Waals surface area contributed by atoms with Gasteiger partial charge in [-0.25, -0.2) is 4.79 Å². The van der Waals surface area contributed by atoms with Crippen molar-refractivity contribution in [3.63, 3.8) is 0 Å². The number of carbonyl (C=O) groups is 1. The fourth-order valence-corrected chi connectivity index (χ4v) is 4.53. The molecule has 2 atom stereocenters. The summed E-state index contributed by atoms with van der Waals surface area (Å²) in [6.07, 6.45) is 1.58. The summed E-state index contributed by atoms with van der Waals surface area (Å²) >= 11 is 1.80. The number of hydrogen-bond acceptors (Lipinski definition) is 4. The largest absolute Gasteiger partial charge is 0.478 e. The predicted molar refractivity (Wildman–Crippen MR) is 98.0 cm³/mol. The van der Waals surface area contributed by atoms with Gasteiger partial charge in [0.1, 0.15) is 11.3 Å². The van der Waals surface area contributed by atoms with E-state index in [1.165, 1.54) is 21.9 Å². The van der Waals surface area contributed by atoms with Crippen molar-refractivity contribution in [1.82, 2.24) is 0 Å². The minimum atomic E-state index is -1.04. The normalized spacial score (nSPS) is 19.3. The number of fused-ring (bicyclic) bond motifs is 1. The summed E-state index contributed by atoms with van der Waals surface area (Å²) in [4.78, 5) is 26.7. The first-order valence-corrected chi connectivity index (χ1v) is 9.20. The van der Waals surface area contributed by atoms with Gasteiger partial charge in [-0.1, -0.05) is 6.92 Å². The molecule has 128 valence electrons. The second-order valence-corrected chi connectivity index (χ2v) is 7.86. The van der Waals surface area contributed by atoms with Crippen LogP contribution in [-0.2, 0) is 6.42 Å². The summed E-state index contributed by atoms with van der Waals surface area (Å²) in [5.41, 5.74) is 1.15. The number of benzene rings is 1. The summed E-state index contributed by atoms with van der Waals surface area (Å²) in [6.45, 7) is 4.04. The maximum Gasteiger partial charge on any atom is 0.335 e. The van der Waals surface area contributed by atoms with Crippen LogP contribution in [0.3, 0.4) is 0 Å². The van der Waals surface area contributed by atoms with Crippen molar-refractivity contribution >= 4 is 28.3 Å². The molecule has 2 heterocycles. The molecule has 0 aliphatic heterocycles. The van der Waals surface area contributed by atoms with E-state index >= 15 is 0 Å². The first-order chi connectivity index (χ1) is 12.0. The third-order valence-electron chi connectivity index (χ3n) is 4.87. The maximum absolute atomic E-state index is 12.9. The van der Waals surface area contributed by atoms with Gasteiger partial charge >= 0.3 is 5.97 Å². The molecule has 0 amide bonds. The lowest BCUT2D eigenvalue weighted by Gasteiger charge is -2.09. The Hall–Kier alpha value is -2.40. The van der Waals surface area contributed by atoms with E-state index in [1.54, 1.807) is 17.4 Å². The first-order valence-electron chi connectivity index (χ1n) is 8.38. The quantitative estimate of drug-likeness (QED) is 0.738. The van der Waals surface area contributed by atoms with Gasteiger partial charge in [0.25, 0.3) is 0 Å². The lowest BCUT2D eigenvalue weighted by Crippen LogP contribution is -2.12. The van der Waals surface area contributed by atoms with E-state index in [0.717, 1.165) is 12.2 Å². The Kier molecular flexibility index (Phi) is 3.76. The van der Waals surface area contributed by atoms with Gasteiger partial charge in [0, 0.05) is 27.2 Å². The third-order valence-corrected chi connectivity index (χ3v) is 6.00. The van der Waals surface area contributed by atoms with Crippen LogP contribution in [0.25, 0.3) is 11.0 Å². The molecule has 1 N–H and O–H groups in total. The topological polar surface area (TPSA) is 67.5 Å². The number of hydrogen-bond donors (Lipinski definition) is 1. The third kappa shape index (κ3) is 2.68. The predicted octanol–water partition coefficient (Wildman–Crippen LogP) is 4.69. The van der Waals surface area contributed by atoms with Crippen LogP contribution < -0.4 is 5.43 Å². The summed E-state index contributed by atoms with van der Waals surface area (Å²) in [5, 5.41) is 9.50. The molecule has 4 nitrogen and oxygen atoms in total. The molecule has 0 saturated heterocycles. The van der Waals surface area contributed by atoms with Gasteiger partial charge in [-0.05, 0) is 50.1 Å². The second-order valence-electron chi connectivity index (χ2n) is 6.54. The van der Waals surface area contributed by atoms with E-state index in [0.29, 0.717) is 28.9 Å². The molecule has 0 bridgehead atoms. The van der Waals surface area contributed by atoms with Gasteiger partial charge in [-0.3, -0.25) is 4.79 Å². The highest BCUT2D eigenvalue weighted by molar-refractivity contribution is 7.12. The first kappa shape index (κ1) is 16.1. The number of carboxylic acids is 1.